The fraction of sp³-hybridized carbons (Fsp3) is 0.0455. The van der Waals surface area contributed by atoms with E-state index in [1.807, 2.05) is 66.0 Å². The summed E-state index contributed by atoms with van der Waals surface area (Å²) in [7, 11) is 1.64. The number of aromatic nitrogens is 3. The van der Waals surface area contributed by atoms with E-state index in [2.05, 4.69) is 15.4 Å². The summed E-state index contributed by atoms with van der Waals surface area (Å²) < 4.78 is 7.04. The minimum atomic E-state index is -0.233. The summed E-state index contributed by atoms with van der Waals surface area (Å²) in [6, 6.07) is 21.2. The third-order valence-electron chi connectivity index (χ3n) is 4.71. The highest BCUT2D eigenvalue weighted by atomic mass is 32.1. The van der Waals surface area contributed by atoms with Gasteiger partial charge in [0, 0.05) is 16.5 Å². The molecule has 0 aliphatic heterocycles. The highest BCUT2D eigenvalue weighted by molar-refractivity contribution is 7.15. The Balaban J connectivity index is 1.48. The van der Waals surface area contributed by atoms with Crippen LogP contribution in [0, 0.1) is 0 Å². The lowest BCUT2D eigenvalue weighted by atomic mass is 10.0. The van der Waals surface area contributed by atoms with Crippen LogP contribution in [0.5, 0.6) is 5.75 Å². The van der Waals surface area contributed by atoms with Crippen LogP contribution in [0.2, 0.25) is 0 Å². The van der Waals surface area contributed by atoms with Gasteiger partial charge in [0.2, 0.25) is 4.96 Å². The molecule has 0 saturated heterocycles. The van der Waals surface area contributed by atoms with Gasteiger partial charge in [-0.3, -0.25) is 10.1 Å². The summed E-state index contributed by atoms with van der Waals surface area (Å²) in [5, 5.41) is 11.2. The van der Waals surface area contributed by atoms with Gasteiger partial charge in [-0.25, -0.2) is 4.52 Å². The van der Waals surface area contributed by atoms with Crippen molar-refractivity contribution < 1.29 is 9.53 Å². The molecule has 5 aromatic rings. The molecule has 0 atom stereocenters. The molecular weight excluding hydrogens is 384 g/mol. The van der Waals surface area contributed by atoms with E-state index in [1.54, 1.807) is 17.7 Å². The highest BCUT2D eigenvalue weighted by Gasteiger charge is 2.16. The molecule has 7 heteroatoms. The van der Waals surface area contributed by atoms with Crippen LogP contribution in [0.25, 0.3) is 27.0 Å². The smallest absolute Gasteiger partial charge is 0.258 e. The third kappa shape index (κ3) is 3.11. The summed E-state index contributed by atoms with van der Waals surface area (Å²) >= 11 is 1.47. The van der Waals surface area contributed by atoms with Crippen molar-refractivity contribution in [3.63, 3.8) is 0 Å². The molecule has 29 heavy (non-hydrogen) atoms. The van der Waals surface area contributed by atoms with Gasteiger partial charge in [0.15, 0.2) is 0 Å². The van der Waals surface area contributed by atoms with Gasteiger partial charge < -0.3 is 4.74 Å². The average Bonchev–Trinajstić information content (AvgIpc) is 3.33. The van der Waals surface area contributed by atoms with Gasteiger partial charge >= 0.3 is 0 Å². The molecule has 0 unspecified atom stereocenters. The van der Waals surface area contributed by atoms with Gasteiger partial charge in [-0.15, -0.1) is 16.4 Å². The monoisotopic (exact) mass is 400 g/mol. The molecule has 0 aliphatic rings. The van der Waals surface area contributed by atoms with Crippen LogP contribution in [0.15, 0.2) is 72.1 Å². The van der Waals surface area contributed by atoms with Crippen molar-refractivity contribution in [2.24, 2.45) is 0 Å². The van der Waals surface area contributed by atoms with E-state index in [4.69, 9.17) is 4.74 Å². The number of fused-ring (bicyclic) bond motifs is 2. The fourth-order valence-electron chi connectivity index (χ4n) is 3.31. The zero-order chi connectivity index (χ0) is 19.8. The Morgan fingerprint density at radius 2 is 1.90 bits per heavy atom. The summed E-state index contributed by atoms with van der Waals surface area (Å²) in [5.74, 6) is 0.813. The SMILES string of the molecule is COc1cccc(-c2csc3nc(NC(=O)c4cccc5ccccc45)nn23)c1. The molecule has 1 amide bonds. The first-order valence-electron chi connectivity index (χ1n) is 9.01. The number of benzene rings is 3. The molecule has 0 aliphatic carbocycles. The van der Waals surface area contributed by atoms with Crippen LogP contribution < -0.4 is 10.1 Å². The number of nitrogens with zero attached hydrogens (tertiary/aromatic N) is 3. The van der Waals surface area contributed by atoms with Gasteiger partial charge in [-0.2, -0.15) is 4.98 Å². The fourth-order valence-corrected chi connectivity index (χ4v) is 4.14. The summed E-state index contributed by atoms with van der Waals surface area (Å²) in [5.41, 5.74) is 2.45. The van der Waals surface area contributed by atoms with Crippen LogP contribution in [0.3, 0.4) is 0 Å². The van der Waals surface area contributed by atoms with Crippen LogP contribution in [0.4, 0.5) is 5.95 Å². The number of methoxy groups -OCH3 is 1. The maximum atomic E-state index is 12.9. The molecule has 2 aromatic heterocycles. The van der Waals surface area contributed by atoms with Crippen molar-refractivity contribution in [2.75, 3.05) is 12.4 Å². The number of amides is 1. The van der Waals surface area contributed by atoms with Gasteiger partial charge in [0.1, 0.15) is 5.75 Å². The van der Waals surface area contributed by atoms with Gasteiger partial charge in [-0.1, -0.05) is 48.5 Å². The van der Waals surface area contributed by atoms with E-state index in [-0.39, 0.29) is 11.9 Å². The van der Waals surface area contributed by atoms with Crippen LogP contribution in [0.1, 0.15) is 10.4 Å². The summed E-state index contributed by atoms with van der Waals surface area (Å²) in [6.07, 6.45) is 0. The Labute approximate surface area is 170 Å². The lowest BCUT2D eigenvalue weighted by Gasteiger charge is -2.05. The Hall–Kier alpha value is -3.71. The zero-order valence-electron chi connectivity index (χ0n) is 15.5. The van der Waals surface area contributed by atoms with E-state index in [9.17, 15) is 4.79 Å². The Morgan fingerprint density at radius 3 is 2.79 bits per heavy atom. The second-order valence-corrected chi connectivity index (χ2v) is 7.30. The van der Waals surface area contributed by atoms with Gasteiger partial charge in [-0.05, 0) is 29.0 Å². The van der Waals surface area contributed by atoms with Gasteiger partial charge in [0.25, 0.3) is 11.9 Å². The largest absolute Gasteiger partial charge is 0.497 e. The quantitative estimate of drug-likeness (QED) is 0.467. The predicted molar refractivity (Wildman–Crippen MR) is 115 cm³/mol. The minimum absolute atomic E-state index is 0.233. The van der Waals surface area contributed by atoms with E-state index >= 15 is 0 Å². The molecule has 0 bridgehead atoms. The van der Waals surface area contributed by atoms with E-state index in [0.717, 1.165) is 27.8 Å². The normalized spacial score (nSPS) is 11.1. The number of hydrogen-bond acceptors (Lipinski definition) is 5. The number of carbonyl (C=O) groups is 1. The molecule has 3 aromatic carbocycles. The second kappa shape index (κ2) is 7.03. The molecular formula is C22H16N4O2S. The predicted octanol–water partition coefficient (Wildman–Crippen LogP) is 4.87. The molecule has 0 fully saturated rings. The minimum Gasteiger partial charge on any atom is -0.497 e. The van der Waals surface area contributed by atoms with Crippen LogP contribution >= 0.6 is 11.3 Å². The molecule has 2 heterocycles. The lowest BCUT2D eigenvalue weighted by molar-refractivity contribution is 0.102. The zero-order valence-corrected chi connectivity index (χ0v) is 16.3. The third-order valence-corrected chi connectivity index (χ3v) is 5.52. The number of hydrogen-bond donors (Lipinski definition) is 1. The van der Waals surface area contributed by atoms with E-state index < -0.39 is 0 Å². The molecule has 142 valence electrons. The Morgan fingerprint density at radius 1 is 1.07 bits per heavy atom. The van der Waals surface area contributed by atoms with E-state index in [1.165, 1.54) is 11.3 Å². The molecule has 1 N–H and O–H groups in total. The number of rotatable bonds is 4. The maximum Gasteiger partial charge on any atom is 0.258 e. The number of carbonyl (C=O) groups excluding carboxylic acids is 1. The number of thiazole rings is 1. The van der Waals surface area contributed by atoms with Crippen molar-refractivity contribution in [1.82, 2.24) is 14.6 Å². The first-order valence-corrected chi connectivity index (χ1v) is 9.89. The molecule has 5 rings (SSSR count). The first kappa shape index (κ1) is 17.4. The molecule has 6 nitrogen and oxygen atoms in total. The van der Waals surface area contributed by atoms with Gasteiger partial charge in [0.05, 0.1) is 12.8 Å². The van der Waals surface area contributed by atoms with Crippen LogP contribution in [-0.2, 0) is 0 Å². The van der Waals surface area contributed by atoms with Crippen LogP contribution in [-0.4, -0.2) is 27.6 Å². The Bertz CT molecular complexity index is 1350. The van der Waals surface area contributed by atoms with Crippen molar-refractivity contribution >= 4 is 38.9 Å². The molecule has 0 spiro atoms. The van der Waals surface area contributed by atoms with Crippen molar-refractivity contribution in [1.29, 1.82) is 0 Å². The highest BCUT2D eigenvalue weighted by Crippen LogP contribution is 2.28. The van der Waals surface area contributed by atoms with Crippen molar-refractivity contribution in [3.8, 4) is 17.0 Å². The number of nitrogens with one attached hydrogen (secondary N) is 1. The second-order valence-electron chi connectivity index (χ2n) is 6.46. The van der Waals surface area contributed by atoms with Crippen molar-refractivity contribution in [3.05, 3.63) is 77.7 Å². The topological polar surface area (TPSA) is 68.5 Å². The summed E-state index contributed by atoms with van der Waals surface area (Å²) in [4.78, 5) is 18.0. The molecule has 0 radical (unpaired) electrons. The number of ether oxygens (including phenoxy) is 1. The van der Waals surface area contributed by atoms with E-state index in [0.29, 0.717) is 10.5 Å². The Kier molecular flexibility index (Phi) is 4.22. The molecule has 0 saturated carbocycles. The number of anilines is 1. The van der Waals surface area contributed by atoms with Crippen molar-refractivity contribution in [2.45, 2.75) is 0 Å². The average molecular weight is 400 g/mol. The first-order chi connectivity index (χ1) is 14.2. The standard InChI is InChI=1S/C22H16N4O2S/c1-28-16-9-4-8-15(12-16)19-13-29-22-24-21(25-26(19)22)23-20(27)18-11-5-7-14-6-2-3-10-17(14)18/h2-13H,1H3,(H,23,25,27). The maximum absolute atomic E-state index is 12.9. The lowest BCUT2D eigenvalue weighted by Crippen LogP contribution is -2.13. The summed E-state index contributed by atoms with van der Waals surface area (Å²) in [6.45, 7) is 0.